The van der Waals surface area contributed by atoms with Gasteiger partial charge in [-0.05, 0) is 14.1 Å². The monoisotopic (exact) mass is 304 g/mol. The lowest BCUT2D eigenvalue weighted by Crippen LogP contribution is -2.32. The molecule has 4 N–H and O–H groups in total. The molecule has 0 saturated heterocycles. The highest BCUT2D eigenvalue weighted by Crippen LogP contribution is 2.24. The van der Waals surface area contributed by atoms with Gasteiger partial charge in [-0.1, -0.05) is 0 Å². The quantitative estimate of drug-likeness (QED) is 0.492. The lowest BCUT2D eigenvalue weighted by molar-refractivity contribution is 0.412. The summed E-state index contributed by atoms with van der Waals surface area (Å²) in [6, 6.07) is 0. The van der Waals surface area contributed by atoms with Gasteiger partial charge in [-0.2, -0.15) is 4.98 Å². The third kappa shape index (κ3) is 2.87. The summed E-state index contributed by atoms with van der Waals surface area (Å²) in [4.78, 5) is 6.58. The summed E-state index contributed by atoms with van der Waals surface area (Å²) in [5.74, 6) is 5.47. The van der Waals surface area contributed by atoms with Crippen LogP contribution >= 0.6 is 11.3 Å². The average Bonchev–Trinajstić information content (AvgIpc) is 2.86. The molecule has 8 nitrogen and oxygen atoms in total. The van der Waals surface area contributed by atoms with Crippen LogP contribution in [0.2, 0.25) is 0 Å². The Morgan fingerprint density at radius 3 is 2.89 bits per heavy atom. The van der Waals surface area contributed by atoms with Crippen LogP contribution in [-0.2, 0) is 10.0 Å². The normalized spacial score (nSPS) is 12.4. The Bertz CT molecular complexity index is 659. The molecule has 2 aromatic heterocycles. The molecule has 0 unspecified atom stereocenters. The summed E-state index contributed by atoms with van der Waals surface area (Å²) in [7, 11) is 0.0803. The maximum absolute atomic E-state index is 12.3. The molecule has 0 atom stereocenters. The predicted molar refractivity (Wildman–Crippen MR) is 74.6 cm³/mol. The van der Waals surface area contributed by atoms with Crippen LogP contribution in [0.15, 0.2) is 16.6 Å². The fourth-order valence-corrected chi connectivity index (χ4v) is 3.62. The van der Waals surface area contributed by atoms with Crippen LogP contribution in [0.1, 0.15) is 0 Å². The molecular weight excluding hydrogens is 288 g/mol. The van der Waals surface area contributed by atoms with Crippen molar-refractivity contribution in [2.75, 3.05) is 32.6 Å². The van der Waals surface area contributed by atoms with Gasteiger partial charge in [0, 0.05) is 24.7 Å². The number of aromatic nitrogens is 2. The maximum atomic E-state index is 12.3. The molecule has 0 fully saturated rings. The number of nitrogens with zero attached hydrogens (tertiary/aromatic N) is 3. The van der Waals surface area contributed by atoms with Gasteiger partial charge in [0.05, 0.1) is 0 Å². The zero-order valence-electron chi connectivity index (χ0n) is 10.6. The SMILES string of the molecule is CN(C)CCNS(=O)(=O)c1c(NN)nc2sccn12. The molecule has 0 radical (unpaired) electrons. The van der Waals surface area contributed by atoms with Crippen LogP contribution < -0.4 is 16.0 Å². The first kappa shape index (κ1) is 14.2. The number of nitrogens with two attached hydrogens (primary N) is 1. The molecular formula is C9H16N6O2S2. The summed E-state index contributed by atoms with van der Waals surface area (Å²) >= 11 is 1.34. The highest BCUT2D eigenvalue weighted by Gasteiger charge is 2.25. The van der Waals surface area contributed by atoms with Gasteiger partial charge in [-0.25, -0.2) is 19.0 Å². The lowest BCUT2D eigenvalue weighted by atomic mass is 10.6. The van der Waals surface area contributed by atoms with Gasteiger partial charge in [-0.15, -0.1) is 11.3 Å². The van der Waals surface area contributed by atoms with Crippen LogP contribution in [0, 0.1) is 0 Å². The number of imidazole rings is 1. The van der Waals surface area contributed by atoms with Crippen LogP contribution in [0.3, 0.4) is 0 Å². The number of nitrogen functional groups attached to an aromatic ring is 1. The lowest BCUT2D eigenvalue weighted by Gasteiger charge is -2.11. The summed E-state index contributed by atoms with van der Waals surface area (Å²) < 4.78 is 28.6. The van der Waals surface area contributed by atoms with E-state index in [1.54, 1.807) is 11.6 Å². The van der Waals surface area contributed by atoms with Crippen LogP contribution in [-0.4, -0.2) is 49.9 Å². The Labute approximate surface area is 115 Å². The van der Waals surface area contributed by atoms with Gasteiger partial charge < -0.3 is 10.3 Å². The molecule has 2 rings (SSSR count). The van der Waals surface area contributed by atoms with Crippen molar-refractivity contribution < 1.29 is 8.42 Å². The van der Waals surface area contributed by atoms with Crippen molar-refractivity contribution in [1.82, 2.24) is 19.0 Å². The predicted octanol–water partition coefficient (Wildman–Crippen LogP) is -0.479. The Morgan fingerprint density at radius 1 is 1.53 bits per heavy atom. The Morgan fingerprint density at radius 2 is 2.26 bits per heavy atom. The number of hydrogen-bond acceptors (Lipinski definition) is 7. The van der Waals surface area contributed by atoms with Gasteiger partial charge in [-0.3, -0.25) is 4.40 Å². The van der Waals surface area contributed by atoms with Gasteiger partial charge in [0.1, 0.15) is 0 Å². The second kappa shape index (κ2) is 5.43. The standard InChI is InChI=1S/C9H16N6O2S2/c1-14(2)4-3-11-19(16,17)8-7(13-10)12-9-15(8)5-6-18-9/h5-6,11,13H,3-4,10H2,1-2H3. The summed E-state index contributed by atoms with van der Waals surface area (Å²) in [6.07, 6.45) is 1.65. The minimum Gasteiger partial charge on any atom is -0.308 e. The number of hydrogen-bond donors (Lipinski definition) is 3. The molecule has 0 aromatic carbocycles. The molecule has 0 bridgehead atoms. The highest BCUT2D eigenvalue weighted by molar-refractivity contribution is 7.89. The third-order valence-electron chi connectivity index (χ3n) is 2.46. The minimum absolute atomic E-state index is 0.0324. The largest absolute Gasteiger partial charge is 0.308 e. The summed E-state index contributed by atoms with van der Waals surface area (Å²) in [5.41, 5.74) is 2.32. The van der Waals surface area contributed by atoms with Crippen molar-refractivity contribution in [3.8, 4) is 0 Å². The second-order valence-corrected chi connectivity index (χ2v) is 6.72. The van der Waals surface area contributed by atoms with Crippen molar-refractivity contribution in [2.24, 2.45) is 5.84 Å². The van der Waals surface area contributed by atoms with E-state index in [9.17, 15) is 8.42 Å². The third-order valence-corrected chi connectivity index (χ3v) is 4.70. The minimum atomic E-state index is -3.66. The van der Waals surface area contributed by atoms with Crippen molar-refractivity contribution in [2.45, 2.75) is 5.03 Å². The van der Waals surface area contributed by atoms with Crippen molar-refractivity contribution >= 4 is 32.1 Å². The Balaban J connectivity index is 2.33. The molecule has 10 heteroatoms. The van der Waals surface area contributed by atoms with Crippen LogP contribution in [0.25, 0.3) is 4.96 Å². The topological polar surface area (TPSA) is 105 Å². The number of rotatable bonds is 6. The fourth-order valence-electron chi connectivity index (χ4n) is 1.59. The molecule has 2 heterocycles. The van der Waals surface area contributed by atoms with Gasteiger partial charge in [0.2, 0.25) is 5.03 Å². The van der Waals surface area contributed by atoms with Gasteiger partial charge >= 0.3 is 0 Å². The number of likely N-dealkylation sites (N-methyl/N-ethyl adjacent to an activating group) is 1. The molecule has 2 aromatic rings. The zero-order chi connectivity index (χ0) is 14.0. The summed E-state index contributed by atoms with van der Waals surface area (Å²) in [5, 5.41) is 1.80. The van der Waals surface area contributed by atoms with E-state index in [0.717, 1.165) is 0 Å². The van der Waals surface area contributed by atoms with Crippen molar-refractivity contribution in [3.05, 3.63) is 11.6 Å². The first-order valence-electron chi connectivity index (χ1n) is 5.52. The van der Waals surface area contributed by atoms with E-state index in [4.69, 9.17) is 5.84 Å². The van der Waals surface area contributed by atoms with E-state index in [1.165, 1.54) is 15.7 Å². The molecule has 106 valence electrons. The molecule has 0 spiro atoms. The fraction of sp³-hybridized carbons (Fsp3) is 0.444. The average molecular weight is 304 g/mol. The van der Waals surface area contributed by atoms with E-state index in [-0.39, 0.29) is 10.8 Å². The van der Waals surface area contributed by atoms with Crippen molar-refractivity contribution in [1.29, 1.82) is 0 Å². The van der Waals surface area contributed by atoms with E-state index in [2.05, 4.69) is 15.1 Å². The van der Waals surface area contributed by atoms with Crippen LogP contribution in [0.4, 0.5) is 5.82 Å². The number of thiazole rings is 1. The molecule has 0 aliphatic carbocycles. The molecule has 0 amide bonds. The van der Waals surface area contributed by atoms with E-state index < -0.39 is 10.0 Å². The zero-order valence-corrected chi connectivity index (χ0v) is 12.3. The number of fused-ring (bicyclic) bond motifs is 1. The molecule has 19 heavy (non-hydrogen) atoms. The smallest absolute Gasteiger partial charge is 0.260 e. The second-order valence-electron chi connectivity index (χ2n) is 4.17. The van der Waals surface area contributed by atoms with Crippen LogP contribution in [0.5, 0.6) is 0 Å². The summed E-state index contributed by atoms with van der Waals surface area (Å²) in [6.45, 7) is 0.924. The van der Waals surface area contributed by atoms with E-state index >= 15 is 0 Å². The van der Waals surface area contributed by atoms with Gasteiger partial charge in [0.15, 0.2) is 10.8 Å². The van der Waals surface area contributed by atoms with E-state index in [1.807, 2.05) is 19.0 Å². The van der Waals surface area contributed by atoms with Gasteiger partial charge in [0.25, 0.3) is 10.0 Å². The number of anilines is 1. The molecule has 0 aliphatic heterocycles. The molecule has 0 aliphatic rings. The number of nitrogens with one attached hydrogen (secondary N) is 2. The highest BCUT2D eigenvalue weighted by atomic mass is 32.2. The number of sulfonamides is 1. The first-order chi connectivity index (χ1) is 8.95. The maximum Gasteiger partial charge on any atom is 0.260 e. The first-order valence-corrected chi connectivity index (χ1v) is 7.88. The Kier molecular flexibility index (Phi) is 4.06. The van der Waals surface area contributed by atoms with Crippen molar-refractivity contribution in [3.63, 3.8) is 0 Å². The molecule has 0 saturated carbocycles. The van der Waals surface area contributed by atoms with E-state index in [0.29, 0.717) is 18.1 Å². The Hall–Kier alpha value is -1.20. The number of hydrazine groups is 1.